The third-order valence-corrected chi connectivity index (χ3v) is 8.21. The number of halogens is 2. The molecule has 0 unspecified atom stereocenters. The molecule has 2 atom stereocenters. The molecular weight excluding hydrogens is 470 g/mol. The van der Waals surface area contributed by atoms with E-state index >= 15 is 0 Å². The van der Waals surface area contributed by atoms with Crippen LogP contribution in [0, 0.1) is 22.5 Å². The number of fused-ring (bicyclic) bond motifs is 5. The highest BCUT2D eigenvalue weighted by Crippen LogP contribution is 2.69. The van der Waals surface area contributed by atoms with Crippen molar-refractivity contribution in [1.82, 2.24) is 29.9 Å². The molecule has 2 aliphatic carbocycles. The normalized spacial score (nSPS) is 21.9. The van der Waals surface area contributed by atoms with Crippen LogP contribution in [0.4, 0.5) is 8.78 Å². The van der Waals surface area contributed by atoms with E-state index in [2.05, 4.69) is 49.8 Å². The fraction of sp³-hybridized carbons (Fsp3) is 0.414. The molecule has 0 N–H and O–H groups in total. The Balaban J connectivity index is 1.44. The van der Waals surface area contributed by atoms with Crippen LogP contribution in [0.25, 0.3) is 22.6 Å². The van der Waals surface area contributed by atoms with Crippen molar-refractivity contribution in [3.05, 3.63) is 77.5 Å². The molecule has 1 aromatic carbocycles. The van der Waals surface area contributed by atoms with Gasteiger partial charge >= 0.3 is 0 Å². The van der Waals surface area contributed by atoms with E-state index in [1.807, 2.05) is 29.2 Å². The second-order valence-electron chi connectivity index (χ2n) is 12.1. The summed E-state index contributed by atoms with van der Waals surface area (Å²) >= 11 is 0. The number of rotatable bonds is 4. The first-order valence-electron chi connectivity index (χ1n) is 12.7. The van der Waals surface area contributed by atoms with Crippen molar-refractivity contribution >= 4 is 0 Å². The van der Waals surface area contributed by atoms with E-state index < -0.39 is 17.0 Å². The van der Waals surface area contributed by atoms with E-state index in [0.29, 0.717) is 5.69 Å². The van der Waals surface area contributed by atoms with E-state index in [0.717, 1.165) is 42.0 Å². The third kappa shape index (κ3) is 3.52. The van der Waals surface area contributed by atoms with Crippen LogP contribution in [0.15, 0.2) is 48.9 Å². The molecule has 1 fully saturated rings. The first kappa shape index (κ1) is 23.8. The largest absolute Gasteiger partial charge is 0.272 e. The molecule has 0 amide bonds. The molecule has 0 saturated heterocycles. The maximum atomic E-state index is 14.5. The van der Waals surface area contributed by atoms with E-state index in [-0.39, 0.29) is 28.0 Å². The first-order valence-corrected chi connectivity index (χ1v) is 12.7. The number of benzene rings is 1. The molecule has 190 valence electrons. The molecule has 4 aromatic rings. The van der Waals surface area contributed by atoms with Crippen molar-refractivity contribution in [2.45, 2.75) is 65.3 Å². The Morgan fingerprint density at radius 3 is 2.49 bits per heavy atom. The fourth-order valence-corrected chi connectivity index (χ4v) is 6.52. The predicted molar refractivity (Wildman–Crippen MR) is 137 cm³/mol. The topological polar surface area (TPSA) is 69.4 Å². The molecule has 6 rings (SSSR count). The lowest BCUT2D eigenvalue weighted by atomic mass is 9.66. The minimum Gasteiger partial charge on any atom is -0.272 e. The van der Waals surface area contributed by atoms with Gasteiger partial charge in [-0.05, 0) is 59.4 Å². The van der Waals surface area contributed by atoms with Gasteiger partial charge in [0.25, 0.3) is 0 Å². The van der Waals surface area contributed by atoms with Gasteiger partial charge in [0, 0.05) is 18.9 Å². The van der Waals surface area contributed by atoms with Crippen LogP contribution in [0.3, 0.4) is 0 Å². The van der Waals surface area contributed by atoms with E-state index in [1.165, 1.54) is 18.2 Å². The Labute approximate surface area is 215 Å². The van der Waals surface area contributed by atoms with Gasteiger partial charge in [-0.25, -0.2) is 13.8 Å². The molecule has 3 aromatic heterocycles. The molecule has 3 heterocycles. The molecule has 2 aliphatic rings. The first-order chi connectivity index (χ1) is 17.5. The average molecular weight is 501 g/mol. The van der Waals surface area contributed by atoms with Crippen LogP contribution < -0.4 is 0 Å². The van der Waals surface area contributed by atoms with Crippen molar-refractivity contribution in [2.24, 2.45) is 10.8 Å². The Hall–Kier alpha value is -3.55. The summed E-state index contributed by atoms with van der Waals surface area (Å²) in [6.45, 7) is 11.8. The maximum absolute atomic E-state index is 14.5. The van der Waals surface area contributed by atoms with Gasteiger partial charge in [-0.2, -0.15) is 10.2 Å². The third-order valence-electron chi connectivity index (χ3n) is 8.21. The Morgan fingerprint density at radius 2 is 1.76 bits per heavy atom. The van der Waals surface area contributed by atoms with Gasteiger partial charge in [-0.1, -0.05) is 40.7 Å². The minimum atomic E-state index is -0.643. The summed E-state index contributed by atoms with van der Waals surface area (Å²) in [5.74, 6) is -1.12. The van der Waals surface area contributed by atoms with E-state index in [4.69, 9.17) is 10.1 Å². The lowest BCUT2D eigenvalue weighted by Crippen LogP contribution is -2.38. The lowest BCUT2D eigenvalue weighted by molar-refractivity contribution is 0.242. The van der Waals surface area contributed by atoms with Crippen LogP contribution >= 0.6 is 0 Å². The second kappa shape index (κ2) is 7.97. The van der Waals surface area contributed by atoms with Gasteiger partial charge in [0.05, 0.1) is 34.3 Å². The zero-order chi connectivity index (χ0) is 26.2. The molecular formula is C29H30F2N6. The van der Waals surface area contributed by atoms with Gasteiger partial charge in [0.15, 0.2) is 0 Å². The summed E-state index contributed by atoms with van der Waals surface area (Å²) in [7, 11) is 0. The number of nitrogens with zero attached hydrogens (tertiary/aromatic N) is 6. The van der Waals surface area contributed by atoms with Crippen LogP contribution in [0.5, 0.6) is 0 Å². The fourth-order valence-electron chi connectivity index (χ4n) is 6.52. The molecule has 0 aliphatic heterocycles. The summed E-state index contributed by atoms with van der Waals surface area (Å²) in [4.78, 5) is 9.65. The monoisotopic (exact) mass is 500 g/mol. The molecule has 0 spiro atoms. The summed E-state index contributed by atoms with van der Waals surface area (Å²) in [6, 6.07) is 7.64. The second-order valence-corrected chi connectivity index (χ2v) is 12.1. The van der Waals surface area contributed by atoms with Crippen LogP contribution in [0.1, 0.15) is 70.3 Å². The number of hydrogen-bond acceptors (Lipinski definition) is 5. The average Bonchev–Trinajstić information content (AvgIpc) is 3.45. The molecule has 0 radical (unpaired) electrons. The van der Waals surface area contributed by atoms with Crippen molar-refractivity contribution in [1.29, 1.82) is 0 Å². The van der Waals surface area contributed by atoms with Crippen molar-refractivity contribution < 1.29 is 8.78 Å². The van der Waals surface area contributed by atoms with Gasteiger partial charge < -0.3 is 0 Å². The molecule has 2 bridgehead atoms. The minimum absolute atomic E-state index is 0.106. The lowest BCUT2D eigenvalue weighted by Gasteiger charge is -2.37. The summed E-state index contributed by atoms with van der Waals surface area (Å²) in [6.07, 6.45) is 7.33. The van der Waals surface area contributed by atoms with E-state index in [9.17, 15) is 8.78 Å². The predicted octanol–water partition coefficient (Wildman–Crippen LogP) is 6.32. The zero-order valence-electron chi connectivity index (χ0n) is 21.8. The quantitative estimate of drug-likeness (QED) is 0.328. The zero-order valence-corrected chi connectivity index (χ0v) is 21.8. The van der Waals surface area contributed by atoms with Crippen molar-refractivity contribution in [2.75, 3.05) is 0 Å². The van der Waals surface area contributed by atoms with Crippen LogP contribution in [-0.4, -0.2) is 29.9 Å². The highest BCUT2D eigenvalue weighted by Gasteiger charge is 2.65. The van der Waals surface area contributed by atoms with Gasteiger partial charge in [0.2, 0.25) is 0 Å². The van der Waals surface area contributed by atoms with Crippen molar-refractivity contribution in [3.8, 4) is 22.6 Å². The van der Waals surface area contributed by atoms with Gasteiger partial charge in [0.1, 0.15) is 23.0 Å². The Kier molecular flexibility index (Phi) is 5.13. The Morgan fingerprint density at radius 1 is 1.00 bits per heavy atom. The van der Waals surface area contributed by atoms with Gasteiger partial charge in [-0.3, -0.25) is 9.67 Å². The standard InChI is InChI=1S/C29H30F2N6/c1-27(2,3)16-37-12-10-21(36-37)23-14-32-15-24(33-23)29-11-9-18(28(29,4)5)17-13-22(34-35-26(17)29)25-19(30)7-6-8-20(25)31/h6-8,10,12-15,18H,9,11,16H2,1-5H3/t18-,29-/m0/s1. The van der Waals surface area contributed by atoms with Gasteiger partial charge in [-0.15, -0.1) is 5.10 Å². The van der Waals surface area contributed by atoms with Crippen LogP contribution in [0.2, 0.25) is 0 Å². The highest BCUT2D eigenvalue weighted by molar-refractivity contribution is 5.64. The highest BCUT2D eigenvalue weighted by atomic mass is 19.1. The number of hydrogen-bond donors (Lipinski definition) is 0. The SMILES string of the molecule is CC(C)(C)Cn1ccc(-c2cncc([C@@]34CC[C@@H](c5cc(-c6c(F)cccc6F)nnc53)C4(C)C)n2)n1. The molecule has 1 saturated carbocycles. The smallest absolute Gasteiger partial charge is 0.135 e. The van der Waals surface area contributed by atoms with Crippen LogP contribution in [-0.2, 0) is 12.0 Å². The molecule has 6 nitrogen and oxygen atoms in total. The Bertz CT molecular complexity index is 1500. The number of aromatic nitrogens is 6. The van der Waals surface area contributed by atoms with Crippen molar-refractivity contribution in [3.63, 3.8) is 0 Å². The molecule has 8 heteroatoms. The summed E-state index contributed by atoms with van der Waals surface area (Å²) in [5.41, 5.74) is 3.61. The molecule has 37 heavy (non-hydrogen) atoms. The maximum Gasteiger partial charge on any atom is 0.135 e. The summed E-state index contributed by atoms with van der Waals surface area (Å²) < 4.78 is 31.0. The summed E-state index contributed by atoms with van der Waals surface area (Å²) in [5, 5.41) is 13.7. The van der Waals surface area contributed by atoms with E-state index in [1.54, 1.807) is 6.20 Å².